The molecule has 7 heteroatoms. The van der Waals surface area contributed by atoms with E-state index in [0.717, 1.165) is 5.56 Å². The highest BCUT2D eigenvalue weighted by atomic mass is 16.5. The third-order valence-corrected chi connectivity index (χ3v) is 3.52. The number of amides is 1. The molecule has 132 valence electrons. The van der Waals surface area contributed by atoms with Gasteiger partial charge in [0, 0.05) is 31.3 Å². The van der Waals surface area contributed by atoms with Gasteiger partial charge in [0.1, 0.15) is 5.75 Å². The molecular weight excluding hydrogens is 330 g/mol. The van der Waals surface area contributed by atoms with Gasteiger partial charge >= 0.3 is 0 Å². The summed E-state index contributed by atoms with van der Waals surface area (Å²) >= 11 is 0. The molecule has 7 nitrogen and oxygen atoms in total. The van der Waals surface area contributed by atoms with Crippen LogP contribution in [-0.2, 0) is 6.54 Å². The van der Waals surface area contributed by atoms with Gasteiger partial charge in [-0.3, -0.25) is 9.78 Å². The molecule has 2 heterocycles. The summed E-state index contributed by atoms with van der Waals surface area (Å²) in [5.74, 6) is 0.773. The van der Waals surface area contributed by atoms with Crippen LogP contribution in [0.15, 0.2) is 61.2 Å². The van der Waals surface area contributed by atoms with Crippen molar-refractivity contribution < 1.29 is 9.53 Å². The lowest BCUT2D eigenvalue weighted by Crippen LogP contribution is -2.14. The number of benzene rings is 1. The summed E-state index contributed by atoms with van der Waals surface area (Å²) < 4.78 is 5.51. The van der Waals surface area contributed by atoms with E-state index < -0.39 is 0 Å². The number of anilines is 2. The number of carbonyl (C=O) groups is 1. The van der Waals surface area contributed by atoms with Crippen molar-refractivity contribution >= 4 is 17.5 Å². The van der Waals surface area contributed by atoms with E-state index in [2.05, 4.69) is 25.6 Å². The fourth-order valence-electron chi connectivity index (χ4n) is 2.27. The van der Waals surface area contributed by atoms with Gasteiger partial charge < -0.3 is 15.4 Å². The molecule has 2 aromatic heterocycles. The zero-order valence-electron chi connectivity index (χ0n) is 14.3. The number of carbonyl (C=O) groups excluding carboxylic acids is 1. The van der Waals surface area contributed by atoms with E-state index in [1.165, 1.54) is 12.4 Å². The highest BCUT2D eigenvalue weighted by Gasteiger charge is 2.10. The fourth-order valence-corrected chi connectivity index (χ4v) is 2.27. The van der Waals surface area contributed by atoms with Crippen LogP contribution >= 0.6 is 0 Å². The third-order valence-electron chi connectivity index (χ3n) is 3.52. The Morgan fingerprint density at radius 2 is 1.88 bits per heavy atom. The molecule has 0 aliphatic heterocycles. The Morgan fingerprint density at radius 3 is 2.62 bits per heavy atom. The van der Waals surface area contributed by atoms with Crippen LogP contribution in [0.5, 0.6) is 5.75 Å². The van der Waals surface area contributed by atoms with E-state index in [1.807, 2.05) is 31.2 Å². The molecule has 0 saturated heterocycles. The van der Waals surface area contributed by atoms with Crippen LogP contribution in [-0.4, -0.2) is 27.5 Å². The third kappa shape index (κ3) is 4.54. The summed E-state index contributed by atoms with van der Waals surface area (Å²) in [6.45, 7) is 2.97. The highest BCUT2D eigenvalue weighted by molar-refractivity contribution is 6.04. The number of aromatic nitrogens is 3. The molecule has 0 radical (unpaired) electrons. The maximum Gasteiger partial charge on any atom is 0.258 e. The van der Waals surface area contributed by atoms with E-state index in [4.69, 9.17) is 4.74 Å². The van der Waals surface area contributed by atoms with Crippen LogP contribution in [0.25, 0.3) is 0 Å². The SMILES string of the molecule is CCOc1ccccc1NC(=O)c1cnc(NCc2cccnc2)nc1. The lowest BCUT2D eigenvalue weighted by Gasteiger charge is -2.11. The van der Waals surface area contributed by atoms with Crippen LogP contribution in [0.3, 0.4) is 0 Å². The summed E-state index contributed by atoms with van der Waals surface area (Å²) in [6.07, 6.45) is 6.45. The Balaban J connectivity index is 1.62. The maximum atomic E-state index is 12.4. The molecule has 26 heavy (non-hydrogen) atoms. The largest absolute Gasteiger partial charge is 0.492 e. The number of para-hydroxylation sites is 2. The number of pyridine rings is 1. The van der Waals surface area contributed by atoms with E-state index in [-0.39, 0.29) is 5.91 Å². The summed E-state index contributed by atoms with van der Waals surface area (Å²) in [5.41, 5.74) is 1.99. The molecule has 0 aliphatic rings. The zero-order chi connectivity index (χ0) is 18.2. The number of nitrogens with one attached hydrogen (secondary N) is 2. The monoisotopic (exact) mass is 349 g/mol. The molecule has 3 aromatic rings. The summed E-state index contributed by atoms with van der Waals surface area (Å²) in [7, 11) is 0. The van der Waals surface area contributed by atoms with Gasteiger partial charge in [-0.05, 0) is 30.7 Å². The van der Waals surface area contributed by atoms with E-state index >= 15 is 0 Å². The first-order valence-electron chi connectivity index (χ1n) is 8.24. The number of rotatable bonds is 7. The van der Waals surface area contributed by atoms with Gasteiger partial charge in [0.25, 0.3) is 5.91 Å². The first kappa shape index (κ1) is 17.3. The minimum atomic E-state index is -0.295. The minimum absolute atomic E-state index is 0.295. The molecule has 3 rings (SSSR count). The summed E-state index contributed by atoms with van der Waals surface area (Å²) in [6, 6.07) is 11.1. The average molecular weight is 349 g/mol. The van der Waals surface area contributed by atoms with Gasteiger partial charge in [-0.1, -0.05) is 18.2 Å². The molecule has 0 saturated carbocycles. The van der Waals surface area contributed by atoms with E-state index in [1.54, 1.807) is 24.5 Å². The second-order valence-electron chi connectivity index (χ2n) is 5.39. The van der Waals surface area contributed by atoms with Gasteiger partial charge in [-0.2, -0.15) is 0 Å². The first-order chi connectivity index (χ1) is 12.8. The van der Waals surface area contributed by atoms with Crippen molar-refractivity contribution in [1.29, 1.82) is 0 Å². The molecule has 2 N–H and O–H groups in total. The van der Waals surface area contributed by atoms with Crippen LogP contribution < -0.4 is 15.4 Å². The second-order valence-corrected chi connectivity index (χ2v) is 5.39. The van der Waals surface area contributed by atoms with Crippen molar-refractivity contribution in [2.24, 2.45) is 0 Å². The normalized spacial score (nSPS) is 10.2. The van der Waals surface area contributed by atoms with Crippen LogP contribution in [0.2, 0.25) is 0 Å². The lowest BCUT2D eigenvalue weighted by molar-refractivity contribution is 0.102. The lowest BCUT2D eigenvalue weighted by atomic mass is 10.2. The molecule has 1 amide bonds. The van der Waals surface area contributed by atoms with Crippen LogP contribution in [0.1, 0.15) is 22.8 Å². The quantitative estimate of drug-likeness (QED) is 0.681. The Morgan fingerprint density at radius 1 is 1.08 bits per heavy atom. The Labute approximate surface area is 151 Å². The Hall–Kier alpha value is -3.48. The van der Waals surface area contributed by atoms with Gasteiger partial charge in [0.15, 0.2) is 0 Å². The first-order valence-corrected chi connectivity index (χ1v) is 8.24. The average Bonchev–Trinajstić information content (AvgIpc) is 2.69. The second kappa shape index (κ2) is 8.57. The molecule has 0 unspecified atom stereocenters. The van der Waals surface area contributed by atoms with Gasteiger partial charge in [0.05, 0.1) is 17.9 Å². The Kier molecular flexibility index (Phi) is 5.72. The van der Waals surface area contributed by atoms with Crippen molar-refractivity contribution in [3.8, 4) is 5.75 Å². The molecule has 0 atom stereocenters. The molecule has 0 fully saturated rings. The molecule has 1 aromatic carbocycles. The van der Waals surface area contributed by atoms with Crippen molar-refractivity contribution in [3.05, 3.63) is 72.3 Å². The fraction of sp³-hybridized carbons (Fsp3) is 0.158. The summed E-state index contributed by atoms with van der Waals surface area (Å²) in [5, 5.41) is 5.91. The van der Waals surface area contributed by atoms with Crippen molar-refractivity contribution in [1.82, 2.24) is 15.0 Å². The van der Waals surface area contributed by atoms with Gasteiger partial charge in [0.2, 0.25) is 5.95 Å². The number of nitrogens with zero attached hydrogens (tertiary/aromatic N) is 3. The number of hydrogen-bond donors (Lipinski definition) is 2. The predicted molar refractivity (Wildman–Crippen MR) is 99.2 cm³/mol. The van der Waals surface area contributed by atoms with Gasteiger partial charge in [-0.25, -0.2) is 9.97 Å². The smallest absolute Gasteiger partial charge is 0.258 e. The minimum Gasteiger partial charge on any atom is -0.492 e. The topological polar surface area (TPSA) is 89.0 Å². The van der Waals surface area contributed by atoms with E-state index in [0.29, 0.717) is 36.1 Å². The maximum absolute atomic E-state index is 12.4. The molecule has 0 aliphatic carbocycles. The van der Waals surface area contributed by atoms with Crippen molar-refractivity contribution in [3.63, 3.8) is 0 Å². The van der Waals surface area contributed by atoms with Crippen LogP contribution in [0, 0.1) is 0 Å². The number of ether oxygens (including phenoxy) is 1. The van der Waals surface area contributed by atoms with Crippen molar-refractivity contribution in [2.75, 3.05) is 17.2 Å². The summed E-state index contributed by atoms with van der Waals surface area (Å²) in [4.78, 5) is 24.8. The molecular formula is C19H19N5O2. The van der Waals surface area contributed by atoms with Crippen molar-refractivity contribution in [2.45, 2.75) is 13.5 Å². The standard InChI is InChI=1S/C19H19N5O2/c1-2-26-17-8-4-3-7-16(17)24-18(25)15-12-22-19(23-13-15)21-11-14-6-5-9-20-10-14/h3-10,12-13H,2,11H2,1H3,(H,24,25)(H,21,22,23). The zero-order valence-corrected chi connectivity index (χ0v) is 14.3. The number of hydrogen-bond acceptors (Lipinski definition) is 6. The van der Waals surface area contributed by atoms with Crippen LogP contribution in [0.4, 0.5) is 11.6 Å². The van der Waals surface area contributed by atoms with Gasteiger partial charge in [-0.15, -0.1) is 0 Å². The van der Waals surface area contributed by atoms with E-state index in [9.17, 15) is 4.79 Å². The molecule has 0 spiro atoms. The Bertz CT molecular complexity index is 853. The predicted octanol–water partition coefficient (Wildman–Crippen LogP) is 3.13. The molecule has 0 bridgehead atoms. The highest BCUT2D eigenvalue weighted by Crippen LogP contribution is 2.24.